The molecule has 1 aliphatic rings. The lowest BCUT2D eigenvalue weighted by molar-refractivity contribution is -0.140. The monoisotopic (exact) mass is 462 g/mol. The molecule has 0 bridgehead atoms. The lowest BCUT2D eigenvalue weighted by Crippen LogP contribution is -2.72. The van der Waals surface area contributed by atoms with Crippen molar-refractivity contribution in [2.24, 2.45) is 10.4 Å². The Morgan fingerprint density at radius 3 is 2.39 bits per heavy atom. The van der Waals surface area contributed by atoms with Crippen molar-refractivity contribution in [2.45, 2.75) is 46.0 Å². The van der Waals surface area contributed by atoms with E-state index in [1.165, 1.54) is 0 Å². The smallest absolute Gasteiger partial charge is 0.350 e. The predicted octanol–water partition coefficient (Wildman–Crippen LogP) is 3.98. The SMILES string of the molecule is CN=C(NCc1nc(C(F)(F)F)cs1)N1CC(C)(C)C1(C)C.I. The van der Waals surface area contributed by atoms with E-state index in [1.54, 1.807) is 7.05 Å². The van der Waals surface area contributed by atoms with Gasteiger partial charge in [0.1, 0.15) is 5.01 Å². The molecule has 2 rings (SSSR count). The number of thiazole rings is 1. The van der Waals surface area contributed by atoms with Gasteiger partial charge in [0.25, 0.3) is 0 Å². The minimum absolute atomic E-state index is 0. The third kappa shape index (κ3) is 3.92. The number of halogens is 4. The maximum absolute atomic E-state index is 12.5. The van der Waals surface area contributed by atoms with Gasteiger partial charge in [-0.3, -0.25) is 4.99 Å². The summed E-state index contributed by atoms with van der Waals surface area (Å²) < 4.78 is 37.6. The number of aromatic nitrogens is 1. The Hall–Kier alpha value is -0.580. The Morgan fingerprint density at radius 2 is 2.00 bits per heavy atom. The number of hydrogen-bond acceptors (Lipinski definition) is 3. The fraction of sp³-hybridized carbons (Fsp3) is 0.714. The zero-order valence-corrected chi connectivity index (χ0v) is 16.9. The summed E-state index contributed by atoms with van der Waals surface area (Å²) in [7, 11) is 1.67. The summed E-state index contributed by atoms with van der Waals surface area (Å²) in [4.78, 5) is 9.97. The van der Waals surface area contributed by atoms with Crippen LogP contribution in [0.2, 0.25) is 0 Å². The van der Waals surface area contributed by atoms with E-state index >= 15 is 0 Å². The van der Waals surface area contributed by atoms with Crippen LogP contribution in [0.25, 0.3) is 0 Å². The zero-order valence-electron chi connectivity index (χ0n) is 13.8. The Bertz CT molecular complexity index is 581. The molecule has 1 aromatic rings. The van der Waals surface area contributed by atoms with Crippen LogP contribution in [0, 0.1) is 5.41 Å². The van der Waals surface area contributed by atoms with Crippen molar-refractivity contribution in [3.63, 3.8) is 0 Å². The van der Waals surface area contributed by atoms with Crippen LogP contribution >= 0.6 is 35.3 Å². The highest BCUT2D eigenvalue weighted by atomic mass is 127. The molecule has 0 unspecified atom stereocenters. The highest BCUT2D eigenvalue weighted by Gasteiger charge is 2.53. The van der Waals surface area contributed by atoms with Crippen LogP contribution in [0.15, 0.2) is 10.4 Å². The molecule has 0 atom stereocenters. The van der Waals surface area contributed by atoms with E-state index in [1.807, 2.05) is 0 Å². The Kier molecular flexibility index (Phi) is 5.99. The first kappa shape index (κ1) is 20.5. The summed E-state index contributed by atoms with van der Waals surface area (Å²) in [5.41, 5.74) is -0.737. The fourth-order valence-electron chi connectivity index (χ4n) is 2.37. The third-order valence-electron chi connectivity index (χ3n) is 4.59. The molecule has 1 N–H and O–H groups in total. The summed E-state index contributed by atoms with van der Waals surface area (Å²) in [6, 6.07) is 0. The van der Waals surface area contributed by atoms with Crippen LogP contribution in [0.5, 0.6) is 0 Å². The van der Waals surface area contributed by atoms with Crippen LogP contribution in [0.4, 0.5) is 13.2 Å². The van der Waals surface area contributed by atoms with Crippen LogP contribution < -0.4 is 5.32 Å². The van der Waals surface area contributed by atoms with Crippen molar-refractivity contribution in [1.29, 1.82) is 0 Å². The molecule has 0 spiro atoms. The summed E-state index contributed by atoms with van der Waals surface area (Å²) in [5, 5.41) is 4.53. The molecule has 0 radical (unpaired) electrons. The second-order valence-corrected chi connectivity index (χ2v) is 7.50. The van der Waals surface area contributed by atoms with Gasteiger partial charge in [0.15, 0.2) is 11.7 Å². The summed E-state index contributed by atoms with van der Waals surface area (Å²) in [6.07, 6.45) is -4.39. The number of likely N-dealkylation sites (tertiary alicyclic amines) is 1. The van der Waals surface area contributed by atoms with Crippen molar-refractivity contribution in [3.8, 4) is 0 Å². The van der Waals surface area contributed by atoms with Gasteiger partial charge in [0, 0.05) is 29.9 Å². The molecule has 2 heterocycles. The summed E-state index contributed by atoms with van der Waals surface area (Å²) >= 11 is 0.999. The van der Waals surface area contributed by atoms with Gasteiger partial charge >= 0.3 is 6.18 Å². The van der Waals surface area contributed by atoms with Crippen molar-refractivity contribution in [2.75, 3.05) is 13.6 Å². The largest absolute Gasteiger partial charge is 0.434 e. The van der Waals surface area contributed by atoms with Crippen LogP contribution in [0.1, 0.15) is 38.4 Å². The van der Waals surface area contributed by atoms with Gasteiger partial charge < -0.3 is 10.2 Å². The number of aliphatic imine (C=N–C) groups is 1. The fourth-order valence-corrected chi connectivity index (χ4v) is 3.11. The highest BCUT2D eigenvalue weighted by molar-refractivity contribution is 14.0. The van der Waals surface area contributed by atoms with Gasteiger partial charge in [-0.15, -0.1) is 35.3 Å². The molecule has 132 valence electrons. The molecule has 0 saturated carbocycles. The van der Waals surface area contributed by atoms with E-state index in [0.717, 1.165) is 23.3 Å². The zero-order chi connectivity index (χ0) is 16.8. The second-order valence-electron chi connectivity index (χ2n) is 6.55. The van der Waals surface area contributed by atoms with E-state index in [9.17, 15) is 13.2 Å². The molecule has 23 heavy (non-hydrogen) atoms. The van der Waals surface area contributed by atoms with Gasteiger partial charge in [-0.2, -0.15) is 13.2 Å². The van der Waals surface area contributed by atoms with Gasteiger partial charge in [-0.05, 0) is 13.8 Å². The van der Waals surface area contributed by atoms with Gasteiger partial charge in [0.2, 0.25) is 0 Å². The number of hydrogen-bond donors (Lipinski definition) is 1. The third-order valence-corrected chi connectivity index (χ3v) is 5.44. The average molecular weight is 462 g/mol. The van der Waals surface area contributed by atoms with Gasteiger partial charge in [-0.25, -0.2) is 4.98 Å². The van der Waals surface area contributed by atoms with Crippen molar-refractivity contribution >= 4 is 41.3 Å². The topological polar surface area (TPSA) is 40.5 Å². The van der Waals surface area contributed by atoms with E-state index in [0.29, 0.717) is 11.0 Å². The Balaban J connectivity index is 0.00000264. The van der Waals surface area contributed by atoms with Crippen LogP contribution in [-0.2, 0) is 12.7 Å². The molecule has 0 aliphatic carbocycles. The summed E-state index contributed by atoms with van der Waals surface area (Å²) in [5.74, 6) is 0.688. The number of nitrogens with one attached hydrogen (secondary N) is 1. The number of rotatable bonds is 2. The van der Waals surface area contributed by atoms with Crippen LogP contribution in [0.3, 0.4) is 0 Å². The standard InChI is InChI=1S/C14H21F3N4S.HI/c1-12(2)8-21(13(12,3)4)11(18-5)19-6-10-20-9(7-22-10)14(15,16)17;/h7H,6,8H2,1-5H3,(H,18,19);1H. The first-order chi connectivity index (χ1) is 9.99. The molecular formula is C14H22F3IN4S. The minimum atomic E-state index is -4.39. The molecule has 1 aromatic heterocycles. The Labute approximate surface area is 155 Å². The molecule has 0 amide bonds. The summed E-state index contributed by atoms with van der Waals surface area (Å²) in [6.45, 7) is 9.73. The van der Waals surface area contributed by atoms with E-state index in [4.69, 9.17) is 0 Å². The molecule has 1 fully saturated rings. The lowest BCUT2D eigenvalue weighted by Gasteiger charge is -2.62. The maximum Gasteiger partial charge on any atom is 0.434 e. The maximum atomic E-state index is 12.5. The first-order valence-electron chi connectivity index (χ1n) is 6.99. The first-order valence-corrected chi connectivity index (χ1v) is 7.87. The number of nitrogens with zero attached hydrogens (tertiary/aromatic N) is 3. The van der Waals surface area contributed by atoms with E-state index in [-0.39, 0.29) is 41.5 Å². The quantitative estimate of drug-likeness (QED) is 0.411. The second kappa shape index (κ2) is 6.73. The molecule has 1 aliphatic heterocycles. The average Bonchev–Trinajstić information content (AvgIpc) is 2.87. The Morgan fingerprint density at radius 1 is 1.39 bits per heavy atom. The van der Waals surface area contributed by atoms with Crippen molar-refractivity contribution in [3.05, 3.63) is 16.1 Å². The normalized spacial score (nSPS) is 19.8. The molecule has 4 nitrogen and oxygen atoms in total. The molecule has 1 saturated heterocycles. The lowest BCUT2D eigenvalue weighted by atomic mass is 9.65. The van der Waals surface area contributed by atoms with Crippen molar-refractivity contribution in [1.82, 2.24) is 15.2 Å². The van der Waals surface area contributed by atoms with E-state index < -0.39 is 11.9 Å². The van der Waals surface area contributed by atoms with E-state index in [2.05, 4.69) is 47.9 Å². The molecule has 0 aromatic carbocycles. The highest BCUT2D eigenvalue weighted by Crippen LogP contribution is 2.46. The minimum Gasteiger partial charge on any atom is -0.350 e. The van der Waals surface area contributed by atoms with Gasteiger partial charge in [-0.1, -0.05) is 13.8 Å². The van der Waals surface area contributed by atoms with Crippen LogP contribution in [-0.4, -0.2) is 35.0 Å². The molecule has 9 heteroatoms. The molecular weight excluding hydrogens is 440 g/mol. The van der Waals surface area contributed by atoms with Crippen molar-refractivity contribution < 1.29 is 13.2 Å². The number of alkyl halides is 3. The predicted molar refractivity (Wildman–Crippen MR) is 97.3 cm³/mol. The van der Waals surface area contributed by atoms with Gasteiger partial charge in [0.05, 0.1) is 6.54 Å². The number of guanidine groups is 1.